The van der Waals surface area contributed by atoms with Crippen LogP contribution in [0.5, 0.6) is 0 Å². The first-order valence-corrected chi connectivity index (χ1v) is 10.9. The fourth-order valence-electron chi connectivity index (χ4n) is 4.14. The van der Waals surface area contributed by atoms with E-state index in [4.69, 9.17) is 10.2 Å². The Kier molecular flexibility index (Phi) is 12.9. The molecule has 6 heteroatoms. The molecule has 5 N–H and O–H groups in total. The number of carboxylic acids is 1. The summed E-state index contributed by atoms with van der Waals surface area (Å²) < 4.78 is 0. The van der Waals surface area contributed by atoms with Crippen molar-refractivity contribution >= 4 is 5.97 Å². The molecule has 0 aliphatic carbocycles. The summed E-state index contributed by atoms with van der Waals surface area (Å²) in [5.41, 5.74) is 0. The second-order valence-corrected chi connectivity index (χ2v) is 8.35. The van der Waals surface area contributed by atoms with Gasteiger partial charge in [0.25, 0.3) is 0 Å². The highest BCUT2D eigenvalue weighted by molar-refractivity contribution is 5.67. The summed E-state index contributed by atoms with van der Waals surface area (Å²) >= 11 is 0. The lowest BCUT2D eigenvalue weighted by atomic mass is 9.87. The molecule has 0 aromatic carbocycles. The normalized spacial score (nSPS) is 25.3. The summed E-state index contributed by atoms with van der Waals surface area (Å²) in [7, 11) is 0. The van der Waals surface area contributed by atoms with Crippen molar-refractivity contribution in [1.29, 1.82) is 0 Å². The van der Waals surface area contributed by atoms with E-state index in [0.717, 1.165) is 64.2 Å². The van der Waals surface area contributed by atoms with Crippen molar-refractivity contribution in [3.05, 3.63) is 0 Å². The van der Waals surface area contributed by atoms with Crippen molar-refractivity contribution in [2.45, 2.75) is 115 Å². The van der Waals surface area contributed by atoms with Gasteiger partial charge in [0.05, 0.1) is 18.6 Å². The predicted octanol–water partition coefficient (Wildman–Crippen LogP) is 2.83. The van der Waals surface area contributed by atoms with Gasteiger partial charge < -0.3 is 25.7 Å². The van der Waals surface area contributed by atoms with Gasteiger partial charge in [0, 0.05) is 18.7 Å². The van der Waals surface area contributed by atoms with E-state index in [-0.39, 0.29) is 25.2 Å². The average molecular weight is 388 g/mol. The zero-order valence-electron chi connectivity index (χ0n) is 17.0. The summed E-state index contributed by atoms with van der Waals surface area (Å²) in [5.74, 6) is -0.302. The Morgan fingerprint density at radius 2 is 1.70 bits per heavy atom. The Hall–Kier alpha value is -0.690. The van der Waals surface area contributed by atoms with Crippen LogP contribution in [-0.4, -0.2) is 57.3 Å². The van der Waals surface area contributed by atoms with E-state index in [0.29, 0.717) is 18.4 Å². The van der Waals surface area contributed by atoms with E-state index in [9.17, 15) is 15.0 Å². The number of hydrogen-bond acceptors (Lipinski definition) is 5. The zero-order valence-corrected chi connectivity index (χ0v) is 17.0. The lowest BCUT2D eigenvalue weighted by Gasteiger charge is -2.33. The summed E-state index contributed by atoms with van der Waals surface area (Å²) in [6, 6.07) is 0.673. The molecule has 6 nitrogen and oxygen atoms in total. The zero-order chi connectivity index (χ0) is 20.1. The molecule has 1 aliphatic rings. The number of aliphatic hydroxyl groups is 3. The molecule has 5 atom stereocenters. The summed E-state index contributed by atoms with van der Waals surface area (Å²) in [5, 5.41) is 40.7. The van der Waals surface area contributed by atoms with Crippen LogP contribution in [0.25, 0.3) is 0 Å². The highest BCUT2D eigenvalue weighted by Gasteiger charge is 2.25. The van der Waals surface area contributed by atoms with Crippen LogP contribution in [0.15, 0.2) is 0 Å². The quantitative estimate of drug-likeness (QED) is 0.276. The number of nitrogens with one attached hydrogen (secondary N) is 1. The van der Waals surface area contributed by atoms with Crippen LogP contribution in [0, 0.1) is 5.92 Å². The van der Waals surface area contributed by atoms with Crippen molar-refractivity contribution in [3.63, 3.8) is 0 Å². The molecule has 1 fully saturated rings. The highest BCUT2D eigenvalue weighted by Crippen LogP contribution is 2.25. The lowest BCUT2D eigenvalue weighted by Crippen LogP contribution is -2.48. The van der Waals surface area contributed by atoms with Gasteiger partial charge in [-0.05, 0) is 57.8 Å². The summed E-state index contributed by atoms with van der Waals surface area (Å²) in [6.07, 6.45) is 11.0. The maximum absolute atomic E-state index is 10.5. The predicted molar refractivity (Wildman–Crippen MR) is 107 cm³/mol. The standard InChI is InChI=1S/C21H41NO5/c1-16-20(25)13-12-18(22-16)11-10-17(8-6-14-23)7-4-2-3-5-9-19(24)15-21(26)27/h16-20,22-25H,2-15H2,1H3,(H,26,27). The van der Waals surface area contributed by atoms with Gasteiger partial charge in [-0.25, -0.2) is 0 Å². The minimum atomic E-state index is -0.939. The van der Waals surface area contributed by atoms with E-state index in [1.54, 1.807) is 0 Å². The van der Waals surface area contributed by atoms with Gasteiger partial charge in [-0.2, -0.15) is 0 Å². The van der Waals surface area contributed by atoms with Crippen LogP contribution in [-0.2, 0) is 4.79 Å². The van der Waals surface area contributed by atoms with Crippen molar-refractivity contribution in [1.82, 2.24) is 5.32 Å². The van der Waals surface area contributed by atoms with Gasteiger partial charge in [0.2, 0.25) is 0 Å². The molecule has 0 amide bonds. The number of aliphatic carboxylic acids is 1. The van der Waals surface area contributed by atoms with Gasteiger partial charge in [-0.15, -0.1) is 0 Å². The fourth-order valence-corrected chi connectivity index (χ4v) is 4.14. The third-order valence-electron chi connectivity index (χ3n) is 5.89. The van der Waals surface area contributed by atoms with Gasteiger partial charge in [0.15, 0.2) is 0 Å². The number of piperidine rings is 1. The number of aliphatic hydroxyl groups excluding tert-OH is 3. The number of carbonyl (C=O) groups is 1. The maximum Gasteiger partial charge on any atom is 0.305 e. The smallest absolute Gasteiger partial charge is 0.305 e. The number of rotatable bonds is 15. The molecular formula is C21H41NO5. The SMILES string of the molecule is CC1NC(CCC(CCCO)CCCCCCC(O)CC(=O)O)CCC1O. The molecule has 0 saturated carbocycles. The third kappa shape index (κ3) is 11.7. The molecule has 27 heavy (non-hydrogen) atoms. The molecular weight excluding hydrogens is 346 g/mol. The molecule has 1 heterocycles. The van der Waals surface area contributed by atoms with Crippen molar-refractivity contribution in [3.8, 4) is 0 Å². The Labute approximate surface area is 164 Å². The topological polar surface area (TPSA) is 110 Å². The maximum atomic E-state index is 10.5. The van der Waals surface area contributed by atoms with Gasteiger partial charge in [-0.1, -0.05) is 32.1 Å². The molecule has 0 aromatic heterocycles. The molecule has 5 unspecified atom stereocenters. The molecule has 1 rings (SSSR count). The van der Waals surface area contributed by atoms with Crippen molar-refractivity contribution in [2.24, 2.45) is 5.92 Å². The van der Waals surface area contributed by atoms with Crippen LogP contribution >= 0.6 is 0 Å². The summed E-state index contributed by atoms with van der Waals surface area (Å²) in [4.78, 5) is 10.5. The van der Waals surface area contributed by atoms with Crippen LogP contribution in [0.1, 0.15) is 90.4 Å². The van der Waals surface area contributed by atoms with Gasteiger partial charge in [-0.3, -0.25) is 4.79 Å². The van der Waals surface area contributed by atoms with E-state index >= 15 is 0 Å². The Balaban J connectivity index is 2.17. The van der Waals surface area contributed by atoms with E-state index in [2.05, 4.69) is 5.32 Å². The average Bonchev–Trinajstić information content (AvgIpc) is 2.61. The monoisotopic (exact) mass is 387 g/mol. The van der Waals surface area contributed by atoms with Crippen LogP contribution < -0.4 is 5.32 Å². The van der Waals surface area contributed by atoms with E-state index < -0.39 is 12.1 Å². The van der Waals surface area contributed by atoms with Gasteiger partial charge >= 0.3 is 5.97 Å². The largest absolute Gasteiger partial charge is 0.481 e. The molecule has 160 valence electrons. The Morgan fingerprint density at radius 3 is 2.33 bits per heavy atom. The molecule has 0 spiro atoms. The Bertz CT molecular complexity index is 393. The molecule has 0 radical (unpaired) electrons. The molecule has 1 saturated heterocycles. The van der Waals surface area contributed by atoms with Crippen molar-refractivity contribution < 1.29 is 25.2 Å². The molecule has 0 aromatic rings. The minimum absolute atomic E-state index is 0.159. The van der Waals surface area contributed by atoms with Crippen LogP contribution in [0.4, 0.5) is 0 Å². The third-order valence-corrected chi connectivity index (χ3v) is 5.89. The second kappa shape index (κ2) is 14.3. The van der Waals surface area contributed by atoms with E-state index in [1.165, 1.54) is 6.42 Å². The number of unbranched alkanes of at least 4 members (excludes halogenated alkanes) is 3. The van der Waals surface area contributed by atoms with E-state index in [1.807, 2.05) is 6.92 Å². The second-order valence-electron chi connectivity index (χ2n) is 8.35. The highest BCUT2D eigenvalue weighted by atomic mass is 16.4. The first kappa shape index (κ1) is 24.3. The van der Waals surface area contributed by atoms with Crippen LogP contribution in [0.3, 0.4) is 0 Å². The van der Waals surface area contributed by atoms with Crippen LogP contribution in [0.2, 0.25) is 0 Å². The minimum Gasteiger partial charge on any atom is -0.481 e. The first-order chi connectivity index (χ1) is 12.9. The van der Waals surface area contributed by atoms with Gasteiger partial charge in [0.1, 0.15) is 0 Å². The first-order valence-electron chi connectivity index (χ1n) is 10.9. The molecule has 0 bridgehead atoms. The number of carboxylic acid groups (broad SMARTS) is 1. The summed E-state index contributed by atoms with van der Waals surface area (Å²) in [6.45, 7) is 2.30. The Morgan fingerprint density at radius 1 is 1.04 bits per heavy atom. The lowest BCUT2D eigenvalue weighted by molar-refractivity contribution is -0.139. The fraction of sp³-hybridized carbons (Fsp3) is 0.952. The van der Waals surface area contributed by atoms with Crippen molar-refractivity contribution in [2.75, 3.05) is 6.61 Å². The number of hydrogen-bond donors (Lipinski definition) is 5. The molecule has 1 aliphatic heterocycles.